The summed E-state index contributed by atoms with van der Waals surface area (Å²) in [7, 11) is 0. The second kappa shape index (κ2) is 29.0. The van der Waals surface area contributed by atoms with Crippen molar-refractivity contribution < 1.29 is 0 Å². The largest absolute Gasteiger partial charge is 0.0683 e. The van der Waals surface area contributed by atoms with Gasteiger partial charge in [-0.1, -0.05) is 183 Å². The first-order valence-electron chi connectivity index (χ1n) is 14.8. The highest BCUT2D eigenvalue weighted by molar-refractivity contribution is 4.64. The van der Waals surface area contributed by atoms with Crippen LogP contribution in [0.15, 0.2) is 0 Å². The molecular formula is C30H64. The quantitative estimate of drug-likeness (QED) is 0.204. The van der Waals surface area contributed by atoms with Gasteiger partial charge < -0.3 is 0 Å². The van der Waals surface area contributed by atoms with Gasteiger partial charge in [0.05, 0.1) is 0 Å². The van der Waals surface area contributed by atoms with Crippen LogP contribution in [0, 0.1) is 11.8 Å². The van der Waals surface area contributed by atoms with Gasteiger partial charge in [-0.25, -0.2) is 0 Å². The second-order valence-electron chi connectivity index (χ2n) is 9.71. The van der Waals surface area contributed by atoms with Gasteiger partial charge in [-0.3, -0.25) is 0 Å². The zero-order valence-corrected chi connectivity index (χ0v) is 22.7. The van der Waals surface area contributed by atoms with Crippen molar-refractivity contribution in [2.75, 3.05) is 0 Å². The predicted octanol–water partition coefficient (Wildman–Crippen LogP) is 11.9. The lowest BCUT2D eigenvalue weighted by molar-refractivity contribution is 0.337. The Hall–Kier alpha value is 0. The van der Waals surface area contributed by atoms with Crippen LogP contribution < -0.4 is 0 Å². The molecule has 184 valence electrons. The minimum atomic E-state index is 1.03. The molecule has 1 fully saturated rings. The first kappa shape index (κ1) is 32.2. The van der Waals surface area contributed by atoms with Crippen molar-refractivity contribution >= 4 is 0 Å². The summed E-state index contributed by atoms with van der Waals surface area (Å²) in [4.78, 5) is 0. The fourth-order valence-corrected chi connectivity index (χ4v) is 4.98. The fourth-order valence-electron chi connectivity index (χ4n) is 4.98. The SMILES string of the molecule is C1CCCCC1.CC.CCCCCCC(CCC)CCCC(CCC)CCCCC. The van der Waals surface area contributed by atoms with Crippen LogP contribution in [0.25, 0.3) is 0 Å². The van der Waals surface area contributed by atoms with E-state index < -0.39 is 0 Å². The highest BCUT2D eigenvalue weighted by Crippen LogP contribution is 2.26. The molecular weight excluding hydrogens is 360 g/mol. The molecule has 0 N–H and O–H groups in total. The minimum absolute atomic E-state index is 1.03. The number of hydrogen-bond acceptors (Lipinski definition) is 0. The van der Waals surface area contributed by atoms with E-state index >= 15 is 0 Å². The molecule has 0 bridgehead atoms. The molecule has 0 saturated heterocycles. The van der Waals surface area contributed by atoms with Crippen molar-refractivity contribution in [2.24, 2.45) is 11.8 Å². The van der Waals surface area contributed by atoms with E-state index in [2.05, 4.69) is 27.7 Å². The number of unbranched alkanes of at least 4 members (excludes halogenated alkanes) is 5. The molecule has 2 atom stereocenters. The summed E-state index contributed by atoms with van der Waals surface area (Å²) in [6.45, 7) is 13.4. The first-order chi connectivity index (χ1) is 14.8. The Balaban J connectivity index is 0. The Bertz CT molecular complexity index is 254. The molecule has 0 aromatic carbocycles. The summed E-state index contributed by atoms with van der Waals surface area (Å²) >= 11 is 0. The average Bonchev–Trinajstić information content (AvgIpc) is 2.80. The van der Waals surface area contributed by atoms with Crippen LogP contribution in [-0.2, 0) is 0 Å². The van der Waals surface area contributed by atoms with E-state index in [-0.39, 0.29) is 0 Å². The molecule has 0 aliphatic heterocycles. The molecule has 1 rings (SSSR count). The molecule has 0 nitrogen and oxygen atoms in total. The summed E-state index contributed by atoms with van der Waals surface area (Å²) in [5, 5.41) is 0. The lowest BCUT2D eigenvalue weighted by Gasteiger charge is -2.19. The number of rotatable bonds is 17. The smallest absolute Gasteiger partial charge is 0.0414 e. The van der Waals surface area contributed by atoms with Crippen LogP contribution in [0.5, 0.6) is 0 Å². The van der Waals surface area contributed by atoms with Gasteiger partial charge in [0.25, 0.3) is 0 Å². The third-order valence-electron chi connectivity index (χ3n) is 6.80. The first-order valence-corrected chi connectivity index (χ1v) is 14.8. The van der Waals surface area contributed by atoms with Gasteiger partial charge >= 0.3 is 0 Å². The van der Waals surface area contributed by atoms with Crippen molar-refractivity contribution in [3.05, 3.63) is 0 Å². The van der Waals surface area contributed by atoms with Gasteiger partial charge in [0.1, 0.15) is 0 Å². The van der Waals surface area contributed by atoms with Crippen LogP contribution in [0.3, 0.4) is 0 Å². The van der Waals surface area contributed by atoms with E-state index in [1.165, 1.54) is 141 Å². The topological polar surface area (TPSA) is 0 Å². The standard InChI is InChI=1S/C22H46.C6H12.C2H6/c1-5-9-11-13-18-22(16-8-4)20-14-19-21(15-7-3)17-12-10-6-2;1-2-4-6-5-3-1;1-2/h21-22H,5-20H2,1-4H3;1-6H2;1-2H3. The van der Waals surface area contributed by atoms with Gasteiger partial charge in [0, 0.05) is 0 Å². The maximum absolute atomic E-state index is 2.36. The molecule has 0 heterocycles. The molecule has 0 aromatic heterocycles. The molecule has 0 aromatic rings. The summed E-state index contributed by atoms with van der Waals surface area (Å²) in [5.74, 6) is 2.05. The lowest BCUT2D eigenvalue weighted by Crippen LogP contribution is -2.05. The molecule has 1 saturated carbocycles. The highest BCUT2D eigenvalue weighted by atomic mass is 14.2. The molecule has 1 aliphatic carbocycles. The second-order valence-corrected chi connectivity index (χ2v) is 9.71. The van der Waals surface area contributed by atoms with Crippen LogP contribution >= 0.6 is 0 Å². The summed E-state index contributed by atoms with van der Waals surface area (Å²) in [6.07, 6.45) is 32.2. The molecule has 0 radical (unpaired) electrons. The Morgan fingerprint density at radius 1 is 0.367 bits per heavy atom. The zero-order valence-electron chi connectivity index (χ0n) is 22.7. The van der Waals surface area contributed by atoms with E-state index in [0.717, 1.165) is 11.8 Å². The van der Waals surface area contributed by atoms with Crippen molar-refractivity contribution in [1.29, 1.82) is 0 Å². The molecule has 2 unspecified atom stereocenters. The molecule has 1 aliphatic rings. The van der Waals surface area contributed by atoms with Crippen molar-refractivity contribution in [1.82, 2.24) is 0 Å². The highest BCUT2D eigenvalue weighted by Gasteiger charge is 2.11. The molecule has 30 heavy (non-hydrogen) atoms. The lowest BCUT2D eigenvalue weighted by atomic mass is 9.87. The van der Waals surface area contributed by atoms with Crippen molar-refractivity contribution in [3.8, 4) is 0 Å². The fraction of sp³-hybridized carbons (Fsp3) is 1.00. The third kappa shape index (κ3) is 24.3. The molecule has 0 amide bonds. The van der Waals surface area contributed by atoms with E-state index in [4.69, 9.17) is 0 Å². The van der Waals surface area contributed by atoms with Gasteiger partial charge in [-0.05, 0) is 11.8 Å². The van der Waals surface area contributed by atoms with Gasteiger partial charge in [-0.2, -0.15) is 0 Å². The van der Waals surface area contributed by atoms with E-state index in [1.54, 1.807) is 0 Å². The van der Waals surface area contributed by atoms with Crippen molar-refractivity contribution in [2.45, 2.75) is 183 Å². The van der Waals surface area contributed by atoms with Crippen LogP contribution in [-0.4, -0.2) is 0 Å². The normalized spacial score (nSPS) is 15.4. The Labute approximate surface area is 194 Å². The predicted molar refractivity (Wildman–Crippen MR) is 143 cm³/mol. The Morgan fingerprint density at radius 3 is 1.07 bits per heavy atom. The maximum atomic E-state index is 2.36. The van der Waals surface area contributed by atoms with Gasteiger partial charge in [-0.15, -0.1) is 0 Å². The Morgan fingerprint density at radius 2 is 0.700 bits per heavy atom. The monoisotopic (exact) mass is 425 g/mol. The van der Waals surface area contributed by atoms with E-state index in [1.807, 2.05) is 13.8 Å². The summed E-state index contributed by atoms with van der Waals surface area (Å²) < 4.78 is 0. The van der Waals surface area contributed by atoms with Gasteiger partial charge in [0.2, 0.25) is 0 Å². The van der Waals surface area contributed by atoms with E-state index in [0.29, 0.717) is 0 Å². The number of hydrogen-bond donors (Lipinski definition) is 0. The van der Waals surface area contributed by atoms with Crippen LogP contribution in [0.2, 0.25) is 0 Å². The Kier molecular flexibility index (Phi) is 31.1. The zero-order chi connectivity index (χ0) is 22.7. The summed E-state index contributed by atoms with van der Waals surface area (Å²) in [5.41, 5.74) is 0. The summed E-state index contributed by atoms with van der Waals surface area (Å²) in [6, 6.07) is 0. The van der Waals surface area contributed by atoms with E-state index in [9.17, 15) is 0 Å². The maximum Gasteiger partial charge on any atom is -0.0414 e. The van der Waals surface area contributed by atoms with Gasteiger partial charge in [0.15, 0.2) is 0 Å². The minimum Gasteiger partial charge on any atom is -0.0683 e. The molecule has 0 heteroatoms. The molecule has 0 spiro atoms. The van der Waals surface area contributed by atoms with Crippen LogP contribution in [0.4, 0.5) is 0 Å². The van der Waals surface area contributed by atoms with Crippen molar-refractivity contribution in [3.63, 3.8) is 0 Å². The third-order valence-corrected chi connectivity index (χ3v) is 6.80. The average molecular weight is 425 g/mol. The van der Waals surface area contributed by atoms with Crippen LogP contribution in [0.1, 0.15) is 183 Å².